The number of hydrogen-bond acceptors (Lipinski definition) is 6. The highest BCUT2D eigenvalue weighted by atomic mass is 32.2. The second-order valence-corrected chi connectivity index (χ2v) is 8.77. The van der Waals surface area contributed by atoms with Crippen molar-refractivity contribution in [3.63, 3.8) is 0 Å². The largest absolute Gasteiger partial charge is 0.379 e. The summed E-state index contributed by atoms with van der Waals surface area (Å²) in [5.74, 6) is 0.0866. The molecule has 0 N–H and O–H groups in total. The summed E-state index contributed by atoms with van der Waals surface area (Å²) in [5.41, 5.74) is -0.283. The summed E-state index contributed by atoms with van der Waals surface area (Å²) in [5, 5.41) is 0. The first kappa shape index (κ1) is 17.5. The molecule has 24 heavy (non-hydrogen) atoms. The van der Waals surface area contributed by atoms with Crippen LogP contribution in [-0.4, -0.2) is 67.8 Å². The number of aromatic nitrogens is 2. The highest BCUT2D eigenvalue weighted by Gasteiger charge is 2.42. The van der Waals surface area contributed by atoms with Crippen LogP contribution in [-0.2, 0) is 14.8 Å². The van der Waals surface area contributed by atoms with Gasteiger partial charge in [0.2, 0.25) is 16.0 Å². The van der Waals surface area contributed by atoms with Gasteiger partial charge in [0.05, 0.1) is 31.4 Å². The van der Waals surface area contributed by atoms with Gasteiger partial charge in [0.15, 0.2) is 5.82 Å². The molecule has 0 bridgehead atoms. The van der Waals surface area contributed by atoms with Crippen LogP contribution >= 0.6 is 0 Å². The van der Waals surface area contributed by atoms with Crippen LogP contribution in [0.1, 0.15) is 19.8 Å². The van der Waals surface area contributed by atoms with Crippen LogP contribution < -0.4 is 4.90 Å². The lowest BCUT2D eigenvalue weighted by atomic mass is 9.81. The lowest BCUT2D eigenvalue weighted by molar-refractivity contribution is 0.0350. The molecule has 0 radical (unpaired) electrons. The first-order chi connectivity index (χ1) is 11.4. The van der Waals surface area contributed by atoms with Gasteiger partial charge >= 0.3 is 0 Å². The van der Waals surface area contributed by atoms with Gasteiger partial charge in [-0.2, -0.15) is 0 Å². The van der Waals surface area contributed by atoms with Crippen molar-refractivity contribution in [3.8, 4) is 0 Å². The minimum atomic E-state index is -3.22. The first-order valence-electron chi connectivity index (χ1n) is 8.22. The molecule has 0 amide bonds. The number of sulfonamides is 1. The van der Waals surface area contributed by atoms with E-state index in [1.807, 2.05) is 4.90 Å². The number of hydrogen-bond donors (Lipinski definition) is 0. The van der Waals surface area contributed by atoms with E-state index < -0.39 is 15.8 Å². The minimum absolute atomic E-state index is 0.106. The molecule has 3 heterocycles. The average molecular weight is 358 g/mol. The third-order valence-electron chi connectivity index (χ3n) is 4.71. The molecule has 2 saturated heterocycles. The zero-order chi connectivity index (χ0) is 17.2. The Morgan fingerprint density at radius 2 is 2.04 bits per heavy atom. The normalized spacial score (nSPS) is 26.5. The molecule has 1 spiro atoms. The molecule has 134 valence electrons. The Labute approximate surface area is 141 Å². The Bertz CT molecular complexity index is 670. The van der Waals surface area contributed by atoms with Gasteiger partial charge in [-0.15, -0.1) is 0 Å². The summed E-state index contributed by atoms with van der Waals surface area (Å²) in [6, 6.07) is 0. The lowest BCUT2D eigenvalue weighted by Gasteiger charge is -2.42. The van der Waals surface area contributed by atoms with Gasteiger partial charge in [0.1, 0.15) is 0 Å². The van der Waals surface area contributed by atoms with Crippen LogP contribution in [0.2, 0.25) is 0 Å². The molecule has 2 aliphatic heterocycles. The molecular formula is C15H23FN4O3S. The van der Waals surface area contributed by atoms with Crippen molar-refractivity contribution in [1.82, 2.24) is 14.3 Å². The van der Waals surface area contributed by atoms with Crippen LogP contribution in [0.25, 0.3) is 0 Å². The number of piperidine rings is 1. The minimum Gasteiger partial charge on any atom is -0.379 e. The van der Waals surface area contributed by atoms with Gasteiger partial charge in [-0.05, 0) is 19.8 Å². The number of halogens is 1. The number of ether oxygens (including phenoxy) is 1. The number of nitrogens with zero attached hydrogens (tertiary/aromatic N) is 4. The van der Waals surface area contributed by atoms with Gasteiger partial charge < -0.3 is 9.64 Å². The number of anilines is 1. The van der Waals surface area contributed by atoms with Crippen molar-refractivity contribution < 1.29 is 17.5 Å². The average Bonchev–Trinajstić information content (AvgIpc) is 2.78. The summed E-state index contributed by atoms with van der Waals surface area (Å²) in [4.78, 5) is 10.1. The van der Waals surface area contributed by atoms with Gasteiger partial charge in [-0.1, -0.05) is 0 Å². The summed E-state index contributed by atoms with van der Waals surface area (Å²) in [7, 11) is -3.22. The van der Waals surface area contributed by atoms with E-state index in [0.29, 0.717) is 45.3 Å². The fourth-order valence-corrected chi connectivity index (χ4v) is 4.70. The maximum Gasteiger partial charge on any atom is 0.225 e. The second kappa shape index (κ2) is 6.89. The van der Waals surface area contributed by atoms with E-state index in [1.165, 1.54) is 0 Å². The van der Waals surface area contributed by atoms with E-state index in [0.717, 1.165) is 25.2 Å². The SMILES string of the molecule is CCS(=O)(=O)N1CCCC2(COCCN(c3ncc(F)cn3)C2)C1. The van der Waals surface area contributed by atoms with Crippen LogP contribution in [0.5, 0.6) is 0 Å². The van der Waals surface area contributed by atoms with Crippen molar-refractivity contribution in [1.29, 1.82) is 0 Å². The quantitative estimate of drug-likeness (QED) is 0.799. The molecule has 7 nitrogen and oxygen atoms in total. The van der Waals surface area contributed by atoms with E-state index in [-0.39, 0.29) is 11.2 Å². The predicted molar refractivity (Wildman–Crippen MR) is 87.7 cm³/mol. The molecule has 1 unspecified atom stereocenters. The van der Waals surface area contributed by atoms with E-state index in [4.69, 9.17) is 4.74 Å². The standard InChI is InChI=1S/C15H23FN4O3S/c1-2-24(21,22)20-5-3-4-15(11-20)10-19(6-7-23-12-15)14-17-8-13(16)9-18-14/h8-9H,2-7,10-12H2,1H3. The Balaban J connectivity index is 1.82. The van der Waals surface area contributed by atoms with Crippen LogP contribution in [0, 0.1) is 11.2 Å². The van der Waals surface area contributed by atoms with E-state index in [2.05, 4.69) is 9.97 Å². The van der Waals surface area contributed by atoms with Gasteiger partial charge in [-0.25, -0.2) is 27.1 Å². The highest BCUT2D eigenvalue weighted by Crippen LogP contribution is 2.34. The maximum atomic E-state index is 13.1. The monoisotopic (exact) mass is 358 g/mol. The molecule has 0 aromatic carbocycles. The van der Waals surface area contributed by atoms with Gasteiger partial charge in [0.25, 0.3) is 0 Å². The predicted octanol–water partition coefficient (Wildman–Crippen LogP) is 0.884. The van der Waals surface area contributed by atoms with E-state index in [1.54, 1.807) is 11.2 Å². The van der Waals surface area contributed by atoms with Crippen molar-refractivity contribution in [2.24, 2.45) is 5.41 Å². The third-order valence-corrected chi connectivity index (χ3v) is 6.54. The molecule has 0 aliphatic carbocycles. The highest BCUT2D eigenvalue weighted by molar-refractivity contribution is 7.89. The topological polar surface area (TPSA) is 75.6 Å². The summed E-state index contributed by atoms with van der Waals surface area (Å²) in [6.45, 7) is 4.91. The van der Waals surface area contributed by atoms with E-state index >= 15 is 0 Å². The van der Waals surface area contributed by atoms with Crippen LogP contribution in [0.3, 0.4) is 0 Å². The zero-order valence-corrected chi connectivity index (χ0v) is 14.6. The molecule has 1 atom stereocenters. The first-order valence-corrected chi connectivity index (χ1v) is 9.83. The fraction of sp³-hybridized carbons (Fsp3) is 0.733. The number of rotatable bonds is 3. The molecule has 1 aromatic rings. The Hall–Kier alpha value is -1.32. The van der Waals surface area contributed by atoms with Gasteiger partial charge in [-0.3, -0.25) is 0 Å². The molecular weight excluding hydrogens is 335 g/mol. The van der Waals surface area contributed by atoms with Crippen LogP contribution in [0.4, 0.5) is 10.3 Å². The summed E-state index contributed by atoms with van der Waals surface area (Å²) < 4.78 is 44.9. The Morgan fingerprint density at radius 1 is 1.29 bits per heavy atom. The molecule has 1 aromatic heterocycles. The van der Waals surface area contributed by atoms with Crippen molar-refractivity contribution in [2.45, 2.75) is 19.8 Å². The molecule has 0 saturated carbocycles. The zero-order valence-electron chi connectivity index (χ0n) is 13.8. The van der Waals surface area contributed by atoms with Gasteiger partial charge in [0, 0.05) is 31.6 Å². The smallest absolute Gasteiger partial charge is 0.225 e. The summed E-state index contributed by atoms with van der Waals surface area (Å²) >= 11 is 0. The summed E-state index contributed by atoms with van der Waals surface area (Å²) in [6.07, 6.45) is 3.99. The van der Waals surface area contributed by atoms with Crippen molar-refractivity contribution >= 4 is 16.0 Å². The Kier molecular flexibility index (Phi) is 5.03. The fourth-order valence-electron chi connectivity index (χ4n) is 3.46. The lowest BCUT2D eigenvalue weighted by Crippen LogP contribution is -2.52. The van der Waals surface area contributed by atoms with Crippen molar-refractivity contribution in [3.05, 3.63) is 18.2 Å². The van der Waals surface area contributed by atoms with Crippen LogP contribution in [0.15, 0.2) is 12.4 Å². The third kappa shape index (κ3) is 3.68. The molecule has 3 rings (SSSR count). The van der Waals surface area contributed by atoms with E-state index in [9.17, 15) is 12.8 Å². The Morgan fingerprint density at radius 3 is 2.75 bits per heavy atom. The maximum absolute atomic E-state index is 13.1. The molecule has 9 heteroatoms. The molecule has 2 aliphatic rings. The second-order valence-electron chi connectivity index (χ2n) is 6.51. The van der Waals surface area contributed by atoms with Crippen molar-refractivity contribution in [2.75, 3.05) is 50.0 Å². The molecule has 2 fully saturated rings.